The smallest absolute Gasteiger partial charge is 0.0541 e. The van der Waals surface area contributed by atoms with Crippen molar-refractivity contribution >= 4 is 0 Å². The lowest BCUT2D eigenvalue weighted by atomic mass is 9.96. The van der Waals surface area contributed by atoms with E-state index in [0.717, 1.165) is 24.7 Å². The highest BCUT2D eigenvalue weighted by Crippen LogP contribution is 2.12. The summed E-state index contributed by atoms with van der Waals surface area (Å²) in [5, 5.41) is 6.91. The second-order valence-corrected chi connectivity index (χ2v) is 4.50. The quantitative estimate of drug-likeness (QED) is 0.738. The van der Waals surface area contributed by atoms with E-state index in [4.69, 9.17) is 0 Å². The summed E-state index contributed by atoms with van der Waals surface area (Å²) in [5.74, 6) is 0.866. The van der Waals surface area contributed by atoms with E-state index in [1.165, 1.54) is 32.4 Å². The van der Waals surface area contributed by atoms with E-state index >= 15 is 0 Å². The predicted octanol–water partition coefficient (Wildman–Crippen LogP) is 1.56. The molecule has 0 bridgehead atoms. The van der Waals surface area contributed by atoms with Crippen LogP contribution < -0.4 is 10.6 Å². The fourth-order valence-electron chi connectivity index (χ4n) is 2.20. The normalized spacial score (nSPS) is 20.9. The molecule has 0 saturated carbocycles. The Morgan fingerprint density at radius 1 is 1.44 bits per heavy atom. The molecule has 0 aliphatic carbocycles. The van der Waals surface area contributed by atoms with Crippen LogP contribution in [0.2, 0.25) is 0 Å². The molecule has 2 N–H and O–H groups in total. The number of nitrogens with zero attached hydrogens (tertiary/aromatic N) is 1. The molecule has 1 aliphatic rings. The van der Waals surface area contributed by atoms with Crippen LogP contribution in [-0.2, 0) is 6.54 Å². The Hall–Kier alpha value is -0.930. The lowest BCUT2D eigenvalue weighted by molar-refractivity contribution is 0.351. The number of nitrogens with one attached hydrogen (secondary N) is 2. The Labute approximate surface area is 97.7 Å². The second kappa shape index (κ2) is 6.61. The predicted molar refractivity (Wildman–Crippen MR) is 66.2 cm³/mol. The molecule has 3 nitrogen and oxygen atoms in total. The van der Waals surface area contributed by atoms with Crippen LogP contribution in [0.15, 0.2) is 24.4 Å². The van der Waals surface area contributed by atoms with E-state index in [2.05, 4.69) is 21.7 Å². The summed E-state index contributed by atoms with van der Waals surface area (Å²) in [7, 11) is 0. The lowest BCUT2D eigenvalue weighted by Gasteiger charge is -2.22. The summed E-state index contributed by atoms with van der Waals surface area (Å²) in [5.41, 5.74) is 1.13. The highest BCUT2D eigenvalue weighted by molar-refractivity contribution is 5.02. The Kier molecular flexibility index (Phi) is 4.77. The molecule has 2 heterocycles. The van der Waals surface area contributed by atoms with Gasteiger partial charge in [0.2, 0.25) is 0 Å². The molecule has 88 valence electrons. The van der Waals surface area contributed by atoms with Gasteiger partial charge in [-0.25, -0.2) is 0 Å². The molecule has 0 amide bonds. The first-order valence-electron chi connectivity index (χ1n) is 6.26. The molecule has 1 unspecified atom stereocenters. The van der Waals surface area contributed by atoms with Gasteiger partial charge in [-0.05, 0) is 56.9 Å². The fraction of sp³-hybridized carbons (Fsp3) is 0.615. The Balaban J connectivity index is 1.58. The highest BCUT2D eigenvalue weighted by Gasteiger charge is 2.11. The van der Waals surface area contributed by atoms with Gasteiger partial charge in [-0.2, -0.15) is 0 Å². The lowest BCUT2D eigenvalue weighted by Crippen LogP contribution is -2.31. The maximum Gasteiger partial charge on any atom is 0.0541 e. The van der Waals surface area contributed by atoms with Gasteiger partial charge in [0.25, 0.3) is 0 Å². The van der Waals surface area contributed by atoms with Crippen LogP contribution in [0, 0.1) is 5.92 Å². The van der Waals surface area contributed by atoms with E-state index < -0.39 is 0 Å². The van der Waals surface area contributed by atoms with Crippen molar-refractivity contribution in [2.75, 3.05) is 19.6 Å². The minimum absolute atomic E-state index is 0.866. The molecule has 0 radical (unpaired) electrons. The van der Waals surface area contributed by atoms with Crippen LogP contribution in [0.4, 0.5) is 0 Å². The molecular weight excluding hydrogens is 198 g/mol. The van der Waals surface area contributed by atoms with Gasteiger partial charge < -0.3 is 10.6 Å². The molecule has 0 spiro atoms. The molecule has 1 aliphatic heterocycles. The summed E-state index contributed by atoms with van der Waals surface area (Å²) in [6.07, 6.45) is 5.85. The number of rotatable bonds is 5. The molecule has 1 aromatic rings. The summed E-state index contributed by atoms with van der Waals surface area (Å²) in [4.78, 5) is 4.29. The van der Waals surface area contributed by atoms with Crippen LogP contribution in [0.3, 0.4) is 0 Å². The standard InChI is InChI=1S/C13H21N3/c1-2-8-16-13(5-1)11-15-9-6-12-4-3-7-14-10-12/h1-2,5,8,12,14-15H,3-4,6-7,9-11H2. The topological polar surface area (TPSA) is 37.0 Å². The molecule has 1 saturated heterocycles. The van der Waals surface area contributed by atoms with E-state index in [1.807, 2.05) is 18.3 Å². The largest absolute Gasteiger partial charge is 0.316 e. The highest BCUT2D eigenvalue weighted by atomic mass is 14.9. The van der Waals surface area contributed by atoms with Gasteiger partial charge in [0.1, 0.15) is 0 Å². The van der Waals surface area contributed by atoms with Crippen LogP contribution in [0.25, 0.3) is 0 Å². The van der Waals surface area contributed by atoms with Crippen molar-refractivity contribution in [3.63, 3.8) is 0 Å². The number of pyridine rings is 1. The molecule has 16 heavy (non-hydrogen) atoms. The summed E-state index contributed by atoms with van der Waals surface area (Å²) >= 11 is 0. The molecule has 1 aromatic heterocycles. The number of aromatic nitrogens is 1. The molecule has 0 aromatic carbocycles. The maximum absolute atomic E-state index is 4.29. The average molecular weight is 219 g/mol. The van der Waals surface area contributed by atoms with Crippen molar-refractivity contribution in [2.45, 2.75) is 25.8 Å². The van der Waals surface area contributed by atoms with Gasteiger partial charge in [0.05, 0.1) is 5.69 Å². The maximum atomic E-state index is 4.29. The third-order valence-corrected chi connectivity index (χ3v) is 3.16. The van der Waals surface area contributed by atoms with Gasteiger partial charge in [0, 0.05) is 12.7 Å². The van der Waals surface area contributed by atoms with Crippen LogP contribution >= 0.6 is 0 Å². The first-order valence-corrected chi connectivity index (χ1v) is 6.26. The van der Waals surface area contributed by atoms with E-state index in [-0.39, 0.29) is 0 Å². The van der Waals surface area contributed by atoms with Gasteiger partial charge in [-0.3, -0.25) is 4.98 Å². The van der Waals surface area contributed by atoms with Crippen LogP contribution in [0.1, 0.15) is 25.0 Å². The minimum atomic E-state index is 0.866. The van der Waals surface area contributed by atoms with Crippen molar-refractivity contribution < 1.29 is 0 Å². The third kappa shape index (κ3) is 3.91. The van der Waals surface area contributed by atoms with Gasteiger partial charge in [0.15, 0.2) is 0 Å². The Morgan fingerprint density at radius 2 is 2.44 bits per heavy atom. The average Bonchev–Trinajstić information content (AvgIpc) is 2.37. The Morgan fingerprint density at radius 3 is 3.19 bits per heavy atom. The van der Waals surface area contributed by atoms with Crippen molar-refractivity contribution in [1.29, 1.82) is 0 Å². The molecular formula is C13H21N3. The van der Waals surface area contributed by atoms with Crippen molar-refractivity contribution in [3.8, 4) is 0 Å². The molecule has 3 heteroatoms. The number of hydrogen-bond acceptors (Lipinski definition) is 3. The first kappa shape index (κ1) is 11.6. The van der Waals surface area contributed by atoms with Crippen molar-refractivity contribution in [1.82, 2.24) is 15.6 Å². The van der Waals surface area contributed by atoms with E-state index in [0.29, 0.717) is 0 Å². The van der Waals surface area contributed by atoms with Gasteiger partial charge >= 0.3 is 0 Å². The molecule has 1 fully saturated rings. The van der Waals surface area contributed by atoms with Crippen molar-refractivity contribution in [2.24, 2.45) is 5.92 Å². The second-order valence-electron chi connectivity index (χ2n) is 4.50. The van der Waals surface area contributed by atoms with Crippen molar-refractivity contribution in [3.05, 3.63) is 30.1 Å². The Bertz CT molecular complexity index is 280. The third-order valence-electron chi connectivity index (χ3n) is 3.16. The summed E-state index contributed by atoms with van der Waals surface area (Å²) in [6.45, 7) is 4.40. The summed E-state index contributed by atoms with van der Waals surface area (Å²) < 4.78 is 0. The molecule has 1 atom stereocenters. The first-order chi connectivity index (χ1) is 7.95. The number of hydrogen-bond donors (Lipinski definition) is 2. The summed E-state index contributed by atoms with van der Waals surface area (Å²) in [6, 6.07) is 6.06. The zero-order valence-electron chi connectivity index (χ0n) is 9.78. The zero-order valence-corrected chi connectivity index (χ0v) is 9.78. The SMILES string of the molecule is c1ccc(CNCCC2CCCNC2)nc1. The van der Waals surface area contributed by atoms with Gasteiger partial charge in [-0.1, -0.05) is 6.07 Å². The molecule has 2 rings (SSSR count). The fourth-order valence-corrected chi connectivity index (χ4v) is 2.20. The van der Waals surface area contributed by atoms with E-state index in [1.54, 1.807) is 0 Å². The van der Waals surface area contributed by atoms with Crippen LogP contribution in [0.5, 0.6) is 0 Å². The monoisotopic (exact) mass is 219 g/mol. The zero-order chi connectivity index (χ0) is 11.1. The van der Waals surface area contributed by atoms with E-state index in [9.17, 15) is 0 Å². The van der Waals surface area contributed by atoms with Gasteiger partial charge in [-0.15, -0.1) is 0 Å². The van der Waals surface area contributed by atoms with Crippen LogP contribution in [-0.4, -0.2) is 24.6 Å². The minimum Gasteiger partial charge on any atom is -0.316 e. The number of piperidine rings is 1.